The lowest BCUT2D eigenvalue weighted by Gasteiger charge is -2.20. The molecule has 10 aromatic carbocycles. The van der Waals surface area contributed by atoms with Gasteiger partial charge in [0.1, 0.15) is 0 Å². The first kappa shape index (κ1) is 45.5. The third kappa shape index (κ3) is 7.93. The normalized spacial score (nSPS) is 11.3. The van der Waals surface area contributed by atoms with Crippen molar-refractivity contribution in [2.75, 3.05) is 0 Å². The number of para-hydroxylation sites is 2. The molecule has 0 aliphatic rings. The average Bonchev–Trinajstić information content (AvgIpc) is 4.13. The maximum Gasteiger partial charge on any atom is 0.164 e. The van der Waals surface area contributed by atoms with E-state index in [1.54, 1.807) is 0 Å². The van der Waals surface area contributed by atoms with Crippen LogP contribution in [0.4, 0.5) is 0 Å². The average molecular weight is 995 g/mol. The predicted molar refractivity (Wildman–Crippen MR) is 314 cm³/mol. The molecule has 14 aromatic rings. The smallest absolute Gasteiger partial charge is 0.164 e. The summed E-state index contributed by atoms with van der Waals surface area (Å²) in [5, 5.41) is 24.0. The van der Waals surface area contributed by atoms with Crippen molar-refractivity contribution in [3.63, 3.8) is 0 Å². The first-order chi connectivity index (χ1) is 38.6. The highest BCUT2D eigenvalue weighted by Gasteiger charge is 2.23. The van der Waals surface area contributed by atoms with E-state index in [1.165, 1.54) is 0 Å². The molecule has 0 saturated heterocycles. The van der Waals surface area contributed by atoms with E-state index in [0.29, 0.717) is 28.6 Å². The zero-order valence-electron chi connectivity index (χ0n) is 41.8. The van der Waals surface area contributed by atoms with E-state index >= 15 is 0 Å². The van der Waals surface area contributed by atoms with Gasteiger partial charge in [0.05, 0.1) is 51.0 Å². The van der Waals surface area contributed by atoms with Crippen molar-refractivity contribution in [3.8, 4) is 102 Å². The lowest BCUT2D eigenvalue weighted by Crippen LogP contribution is -2.03. The number of pyridine rings is 1. The second-order valence-electron chi connectivity index (χ2n) is 19.3. The zero-order chi connectivity index (χ0) is 52.1. The van der Waals surface area contributed by atoms with E-state index in [4.69, 9.17) is 15.0 Å². The summed E-state index contributed by atoms with van der Waals surface area (Å²) in [4.78, 5) is 20.2. The number of benzene rings is 10. The van der Waals surface area contributed by atoms with Gasteiger partial charge < -0.3 is 9.13 Å². The van der Waals surface area contributed by atoms with Crippen molar-refractivity contribution in [1.29, 1.82) is 10.5 Å². The molecule has 0 aliphatic heterocycles. The molecule has 78 heavy (non-hydrogen) atoms. The van der Waals surface area contributed by atoms with E-state index in [2.05, 4.69) is 166 Å². The Morgan fingerprint density at radius 1 is 0.308 bits per heavy atom. The summed E-state index contributed by atoms with van der Waals surface area (Å²) in [5.41, 5.74) is 17.9. The summed E-state index contributed by atoms with van der Waals surface area (Å²) in [7, 11) is 0. The van der Waals surface area contributed by atoms with Gasteiger partial charge in [-0.05, 0) is 130 Å². The summed E-state index contributed by atoms with van der Waals surface area (Å²) in [6, 6.07) is 88.1. The lowest BCUT2D eigenvalue weighted by molar-refractivity contribution is 1.07. The van der Waals surface area contributed by atoms with Crippen LogP contribution in [0.1, 0.15) is 11.1 Å². The maximum atomic E-state index is 9.84. The fourth-order valence-electron chi connectivity index (χ4n) is 11.1. The van der Waals surface area contributed by atoms with Crippen LogP contribution in [-0.4, -0.2) is 29.1 Å². The molecule has 362 valence electrons. The molecule has 0 saturated carbocycles. The SMILES string of the molecule is N#Cc1cccc(-c2ccc3c(c2)c2ccccc2n3-c2ccc(-c3cccnc3)c(-c3cc(-c4nc(-c5ccccc5)nc(-c5ccccc5)n4)ccc3-n3c4ccccc4c4cc(-c5cccc(C#N)c5)ccc43)c2)c1. The topological polar surface area (TPSA) is 109 Å². The molecule has 0 atom stereocenters. The lowest BCUT2D eigenvalue weighted by atomic mass is 9.92. The van der Waals surface area contributed by atoms with E-state index in [0.717, 1.165) is 116 Å². The molecule has 0 fully saturated rings. The van der Waals surface area contributed by atoms with Crippen molar-refractivity contribution >= 4 is 43.6 Å². The zero-order valence-corrected chi connectivity index (χ0v) is 41.8. The number of fused-ring (bicyclic) bond motifs is 6. The van der Waals surface area contributed by atoms with Gasteiger partial charge in [0.15, 0.2) is 17.5 Å². The number of nitriles is 2. The third-order valence-corrected chi connectivity index (χ3v) is 14.7. The fraction of sp³-hybridized carbons (Fsp3) is 0. The van der Waals surface area contributed by atoms with Crippen LogP contribution in [0.5, 0.6) is 0 Å². The largest absolute Gasteiger partial charge is 0.309 e. The molecule has 14 rings (SSSR count). The Kier molecular flexibility index (Phi) is 11.1. The Morgan fingerprint density at radius 2 is 0.795 bits per heavy atom. The van der Waals surface area contributed by atoms with Crippen LogP contribution >= 0.6 is 0 Å². The number of nitrogens with zero attached hydrogens (tertiary/aromatic N) is 8. The van der Waals surface area contributed by atoms with Crippen LogP contribution in [0.15, 0.2) is 255 Å². The predicted octanol–water partition coefficient (Wildman–Crippen LogP) is 16.9. The Balaban J connectivity index is 1.05. The molecule has 0 aliphatic carbocycles. The van der Waals surface area contributed by atoms with Crippen LogP contribution in [0.3, 0.4) is 0 Å². The van der Waals surface area contributed by atoms with Crippen molar-refractivity contribution < 1.29 is 0 Å². The monoisotopic (exact) mass is 994 g/mol. The first-order valence-corrected chi connectivity index (χ1v) is 25.7. The maximum absolute atomic E-state index is 9.84. The highest BCUT2D eigenvalue weighted by molar-refractivity contribution is 6.12. The quantitative estimate of drug-likeness (QED) is 0.142. The second-order valence-corrected chi connectivity index (χ2v) is 19.3. The molecule has 0 bridgehead atoms. The van der Waals surface area contributed by atoms with Crippen molar-refractivity contribution in [2.24, 2.45) is 0 Å². The van der Waals surface area contributed by atoms with Crippen LogP contribution in [0, 0.1) is 22.7 Å². The van der Waals surface area contributed by atoms with Crippen LogP contribution in [0.25, 0.3) is 134 Å². The number of aromatic nitrogens is 6. The van der Waals surface area contributed by atoms with Crippen LogP contribution in [-0.2, 0) is 0 Å². The number of rotatable bonds is 9. The van der Waals surface area contributed by atoms with Gasteiger partial charge in [0.2, 0.25) is 0 Å². The van der Waals surface area contributed by atoms with Crippen LogP contribution in [0.2, 0.25) is 0 Å². The molecule has 4 heterocycles. The summed E-state index contributed by atoms with van der Waals surface area (Å²) < 4.78 is 4.73. The molecule has 8 heteroatoms. The summed E-state index contributed by atoms with van der Waals surface area (Å²) in [5.74, 6) is 1.70. The van der Waals surface area contributed by atoms with Gasteiger partial charge in [0, 0.05) is 67.4 Å². The van der Waals surface area contributed by atoms with E-state index < -0.39 is 0 Å². The van der Waals surface area contributed by atoms with Gasteiger partial charge in [-0.3, -0.25) is 4.98 Å². The van der Waals surface area contributed by atoms with Gasteiger partial charge in [0.25, 0.3) is 0 Å². The van der Waals surface area contributed by atoms with Gasteiger partial charge >= 0.3 is 0 Å². The molecular formula is C70H42N8. The Bertz CT molecular complexity index is 4700. The molecule has 0 radical (unpaired) electrons. The molecule has 8 nitrogen and oxygen atoms in total. The Hall–Kier alpha value is -11.1. The van der Waals surface area contributed by atoms with Gasteiger partial charge in [-0.15, -0.1) is 0 Å². The molecule has 0 unspecified atom stereocenters. The Labute approximate surface area is 449 Å². The van der Waals surface area contributed by atoms with Crippen molar-refractivity contribution in [2.45, 2.75) is 0 Å². The molecule has 0 spiro atoms. The van der Waals surface area contributed by atoms with E-state index in [-0.39, 0.29) is 0 Å². The first-order valence-electron chi connectivity index (χ1n) is 25.7. The molecule has 4 aromatic heterocycles. The second kappa shape index (κ2) is 19.0. The van der Waals surface area contributed by atoms with Crippen LogP contribution < -0.4 is 0 Å². The van der Waals surface area contributed by atoms with E-state index in [9.17, 15) is 10.5 Å². The van der Waals surface area contributed by atoms with Gasteiger partial charge in [-0.1, -0.05) is 146 Å². The van der Waals surface area contributed by atoms with E-state index in [1.807, 2.05) is 116 Å². The number of hydrogen-bond acceptors (Lipinski definition) is 6. The summed E-state index contributed by atoms with van der Waals surface area (Å²) >= 11 is 0. The van der Waals surface area contributed by atoms with Crippen molar-refractivity contribution in [1.82, 2.24) is 29.1 Å². The van der Waals surface area contributed by atoms with Crippen molar-refractivity contribution in [3.05, 3.63) is 266 Å². The Morgan fingerprint density at radius 3 is 1.37 bits per heavy atom. The minimum atomic E-state index is 0.541. The van der Waals surface area contributed by atoms with Gasteiger partial charge in [-0.25, -0.2) is 15.0 Å². The fourth-order valence-corrected chi connectivity index (χ4v) is 11.1. The highest BCUT2D eigenvalue weighted by atomic mass is 15.0. The minimum absolute atomic E-state index is 0.541. The number of hydrogen-bond donors (Lipinski definition) is 0. The molecule has 0 amide bonds. The summed E-state index contributed by atoms with van der Waals surface area (Å²) in [6.45, 7) is 0. The highest BCUT2D eigenvalue weighted by Crippen LogP contribution is 2.44. The third-order valence-electron chi connectivity index (χ3n) is 14.7. The summed E-state index contributed by atoms with van der Waals surface area (Å²) in [6.07, 6.45) is 3.74. The van der Waals surface area contributed by atoms with Gasteiger partial charge in [-0.2, -0.15) is 10.5 Å². The molecular weight excluding hydrogens is 953 g/mol. The standard InChI is InChI=1S/C70H42N8/c71-42-45-14-11-20-49(36-45)51-27-32-65-60(38-51)57-23-7-9-25-63(57)77(65)55-30-31-56(54-22-13-35-73-44-54)59(41-55)62-40-53(70-75-68(47-16-3-1-4-17-47)74-69(76-70)48-18-5-2-6-19-48)29-34-67(62)78-64-26-10-8-24-58(64)61-39-52(28-33-66(61)78)50-21-12-15-46(37-50)43-72/h1-41,44H. The molecule has 0 N–H and O–H groups in total. The minimum Gasteiger partial charge on any atom is -0.309 e.